The number of nitrogens with one attached hydrogen (secondary N) is 1. The molecule has 0 radical (unpaired) electrons. The van der Waals surface area contributed by atoms with Crippen LogP contribution in [-0.2, 0) is 6.54 Å². The molecule has 6 nitrogen and oxygen atoms in total. The van der Waals surface area contributed by atoms with Gasteiger partial charge in [-0.15, -0.1) is 0 Å². The summed E-state index contributed by atoms with van der Waals surface area (Å²) in [5, 5.41) is 8.22. The van der Waals surface area contributed by atoms with E-state index in [0.717, 1.165) is 6.42 Å². The molecule has 1 aromatic heterocycles. The van der Waals surface area contributed by atoms with Crippen LogP contribution in [0.3, 0.4) is 0 Å². The summed E-state index contributed by atoms with van der Waals surface area (Å²) in [5.41, 5.74) is 0.600. The predicted octanol–water partition coefficient (Wildman–Crippen LogP) is 4.85. The van der Waals surface area contributed by atoms with Gasteiger partial charge in [0.15, 0.2) is 5.69 Å². The first-order valence-electron chi connectivity index (χ1n) is 9.80. The van der Waals surface area contributed by atoms with Gasteiger partial charge in [0.05, 0.1) is 5.39 Å². The standard InChI is InChI=1S/C24H21N3O3/c1-2-15-27-24(29)21-14-7-6-13-20(21)22(26-27)23(28)25-17-9-8-12-19(16-17)30-18-10-4-3-5-11-18/h3-14,16H,2,15H2,1H3,(H,25,28). The van der Waals surface area contributed by atoms with Crippen LogP contribution in [0.5, 0.6) is 11.5 Å². The summed E-state index contributed by atoms with van der Waals surface area (Å²) >= 11 is 0. The largest absolute Gasteiger partial charge is 0.457 e. The number of hydrogen-bond donors (Lipinski definition) is 1. The van der Waals surface area contributed by atoms with Gasteiger partial charge >= 0.3 is 0 Å². The predicted molar refractivity (Wildman–Crippen MR) is 117 cm³/mol. The highest BCUT2D eigenvalue weighted by atomic mass is 16.5. The molecule has 0 atom stereocenters. The normalized spacial score (nSPS) is 10.7. The number of hydrogen-bond acceptors (Lipinski definition) is 4. The van der Waals surface area contributed by atoms with E-state index in [2.05, 4.69) is 10.4 Å². The number of carbonyl (C=O) groups is 1. The van der Waals surface area contributed by atoms with Crippen molar-refractivity contribution in [3.05, 3.63) is 94.9 Å². The lowest BCUT2D eigenvalue weighted by Crippen LogP contribution is -2.27. The van der Waals surface area contributed by atoms with Crippen molar-refractivity contribution in [2.75, 3.05) is 5.32 Å². The molecule has 30 heavy (non-hydrogen) atoms. The number of nitrogens with zero attached hydrogens (tertiary/aromatic N) is 2. The van der Waals surface area contributed by atoms with E-state index < -0.39 is 0 Å². The number of para-hydroxylation sites is 1. The molecular weight excluding hydrogens is 378 g/mol. The maximum atomic E-state index is 13.0. The number of ether oxygens (including phenoxy) is 1. The van der Waals surface area contributed by atoms with Crippen LogP contribution in [0.25, 0.3) is 10.8 Å². The quantitative estimate of drug-likeness (QED) is 0.503. The summed E-state index contributed by atoms with van der Waals surface area (Å²) in [7, 11) is 0. The molecule has 150 valence electrons. The Bertz CT molecular complexity index is 1250. The van der Waals surface area contributed by atoms with Gasteiger partial charge in [-0.25, -0.2) is 4.68 Å². The Hall–Kier alpha value is -3.93. The lowest BCUT2D eigenvalue weighted by atomic mass is 10.1. The molecule has 0 aliphatic rings. The van der Waals surface area contributed by atoms with Crippen LogP contribution in [-0.4, -0.2) is 15.7 Å². The average Bonchev–Trinajstić information content (AvgIpc) is 2.77. The van der Waals surface area contributed by atoms with Crippen LogP contribution in [0.15, 0.2) is 83.7 Å². The fraction of sp³-hybridized carbons (Fsp3) is 0.125. The minimum absolute atomic E-state index is 0.192. The number of fused-ring (bicyclic) bond motifs is 1. The summed E-state index contributed by atoms with van der Waals surface area (Å²) in [5.74, 6) is 0.931. The Morgan fingerprint density at radius 3 is 2.40 bits per heavy atom. The second kappa shape index (κ2) is 8.61. The third-order valence-electron chi connectivity index (χ3n) is 4.59. The van der Waals surface area contributed by atoms with Crippen molar-refractivity contribution in [3.63, 3.8) is 0 Å². The Labute approximate surface area is 173 Å². The fourth-order valence-corrected chi connectivity index (χ4v) is 3.22. The minimum Gasteiger partial charge on any atom is -0.457 e. The number of aryl methyl sites for hydroxylation is 1. The molecule has 0 saturated heterocycles. The van der Waals surface area contributed by atoms with E-state index in [1.807, 2.05) is 43.3 Å². The SMILES string of the molecule is CCCn1nc(C(=O)Nc2cccc(Oc3ccccc3)c2)c2ccccc2c1=O. The van der Waals surface area contributed by atoms with Gasteiger partial charge in [0.25, 0.3) is 11.5 Å². The van der Waals surface area contributed by atoms with Crippen LogP contribution in [0.4, 0.5) is 5.69 Å². The topological polar surface area (TPSA) is 73.2 Å². The van der Waals surface area contributed by atoms with Crippen LogP contribution in [0, 0.1) is 0 Å². The molecular formula is C24H21N3O3. The summed E-state index contributed by atoms with van der Waals surface area (Å²) in [4.78, 5) is 25.7. The molecule has 0 spiro atoms. The number of anilines is 1. The van der Waals surface area contributed by atoms with Gasteiger partial charge < -0.3 is 10.1 Å². The van der Waals surface area contributed by atoms with Crippen LogP contribution in [0.1, 0.15) is 23.8 Å². The minimum atomic E-state index is -0.382. The van der Waals surface area contributed by atoms with Gasteiger partial charge in [-0.05, 0) is 36.8 Å². The Morgan fingerprint density at radius 1 is 0.933 bits per heavy atom. The van der Waals surface area contributed by atoms with Gasteiger partial charge in [-0.1, -0.05) is 49.4 Å². The van der Waals surface area contributed by atoms with Crippen LogP contribution < -0.4 is 15.6 Å². The van der Waals surface area contributed by atoms with Crippen molar-refractivity contribution >= 4 is 22.4 Å². The van der Waals surface area contributed by atoms with Gasteiger partial charge in [0.1, 0.15) is 11.5 Å². The van der Waals surface area contributed by atoms with E-state index in [1.165, 1.54) is 4.68 Å². The van der Waals surface area contributed by atoms with Crippen LogP contribution in [0.2, 0.25) is 0 Å². The lowest BCUT2D eigenvalue weighted by molar-refractivity contribution is 0.102. The molecule has 4 aromatic rings. The second-order valence-electron chi connectivity index (χ2n) is 6.82. The molecule has 6 heteroatoms. The van der Waals surface area contributed by atoms with E-state index >= 15 is 0 Å². The van der Waals surface area contributed by atoms with Crippen molar-refractivity contribution in [1.82, 2.24) is 9.78 Å². The average molecular weight is 399 g/mol. The maximum Gasteiger partial charge on any atom is 0.276 e. The molecule has 3 aromatic carbocycles. The summed E-state index contributed by atoms with van der Waals surface area (Å²) < 4.78 is 7.18. The molecule has 0 fully saturated rings. The van der Waals surface area contributed by atoms with E-state index in [4.69, 9.17) is 4.74 Å². The summed E-state index contributed by atoms with van der Waals surface area (Å²) in [6, 6.07) is 23.6. The van der Waals surface area contributed by atoms with Crippen molar-refractivity contribution in [3.8, 4) is 11.5 Å². The molecule has 1 N–H and O–H groups in total. The van der Waals surface area contributed by atoms with Crippen molar-refractivity contribution in [1.29, 1.82) is 0 Å². The Kier molecular flexibility index (Phi) is 5.57. The summed E-state index contributed by atoms with van der Waals surface area (Å²) in [6.07, 6.45) is 0.741. The molecule has 4 rings (SSSR count). The van der Waals surface area contributed by atoms with Crippen molar-refractivity contribution in [2.45, 2.75) is 19.9 Å². The summed E-state index contributed by atoms with van der Waals surface area (Å²) in [6.45, 7) is 2.41. The van der Waals surface area contributed by atoms with E-state index in [-0.39, 0.29) is 17.2 Å². The lowest BCUT2D eigenvalue weighted by Gasteiger charge is -2.12. The number of carbonyl (C=O) groups excluding carboxylic acids is 1. The molecule has 0 bridgehead atoms. The number of aromatic nitrogens is 2. The fourth-order valence-electron chi connectivity index (χ4n) is 3.22. The monoisotopic (exact) mass is 399 g/mol. The molecule has 0 saturated carbocycles. The molecule has 1 amide bonds. The third kappa shape index (κ3) is 4.07. The third-order valence-corrected chi connectivity index (χ3v) is 4.59. The smallest absolute Gasteiger partial charge is 0.276 e. The highest BCUT2D eigenvalue weighted by molar-refractivity contribution is 6.11. The van der Waals surface area contributed by atoms with Crippen LogP contribution >= 0.6 is 0 Å². The zero-order chi connectivity index (χ0) is 20.9. The Morgan fingerprint density at radius 2 is 1.63 bits per heavy atom. The highest BCUT2D eigenvalue weighted by Gasteiger charge is 2.17. The zero-order valence-corrected chi connectivity index (χ0v) is 16.5. The Balaban J connectivity index is 1.64. The van der Waals surface area contributed by atoms with Gasteiger partial charge in [-0.3, -0.25) is 9.59 Å². The molecule has 0 aliphatic heterocycles. The number of rotatable bonds is 6. The molecule has 0 unspecified atom stereocenters. The van der Waals surface area contributed by atoms with E-state index in [1.54, 1.807) is 42.5 Å². The van der Waals surface area contributed by atoms with Gasteiger partial charge in [0, 0.05) is 23.7 Å². The van der Waals surface area contributed by atoms with E-state index in [0.29, 0.717) is 34.5 Å². The first kappa shape index (κ1) is 19.4. The van der Waals surface area contributed by atoms with Crippen molar-refractivity contribution in [2.24, 2.45) is 0 Å². The number of amides is 1. The maximum absolute atomic E-state index is 13.0. The van der Waals surface area contributed by atoms with E-state index in [9.17, 15) is 9.59 Å². The van der Waals surface area contributed by atoms with Gasteiger partial charge in [0.2, 0.25) is 0 Å². The zero-order valence-electron chi connectivity index (χ0n) is 16.5. The van der Waals surface area contributed by atoms with Crippen molar-refractivity contribution < 1.29 is 9.53 Å². The first-order valence-corrected chi connectivity index (χ1v) is 9.80. The molecule has 1 heterocycles. The highest BCUT2D eigenvalue weighted by Crippen LogP contribution is 2.24. The van der Waals surface area contributed by atoms with Gasteiger partial charge in [-0.2, -0.15) is 5.10 Å². The molecule has 0 aliphatic carbocycles. The second-order valence-corrected chi connectivity index (χ2v) is 6.82. The number of benzene rings is 3. The first-order chi connectivity index (χ1) is 14.7.